The van der Waals surface area contributed by atoms with Gasteiger partial charge >= 0.3 is 0 Å². The summed E-state index contributed by atoms with van der Waals surface area (Å²) >= 11 is 0. The molecule has 1 atom stereocenters. The van der Waals surface area contributed by atoms with Gasteiger partial charge < -0.3 is 15.0 Å². The van der Waals surface area contributed by atoms with E-state index in [1.54, 1.807) is 12.1 Å². The number of hydrogen-bond donors (Lipinski definition) is 1. The predicted octanol–water partition coefficient (Wildman–Crippen LogP) is 4.18. The molecule has 1 N–H and O–H groups in total. The van der Waals surface area contributed by atoms with E-state index in [4.69, 9.17) is 4.74 Å². The lowest BCUT2D eigenvalue weighted by atomic mass is 10.0. The van der Waals surface area contributed by atoms with Crippen LogP contribution >= 0.6 is 0 Å². The molecule has 1 amide bonds. The molecule has 0 aliphatic carbocycles. The van der Waals surface area contributed by atoms with Gasteiger partial charge in [-0.25, -0.2) is 4.39 Å². The zero-order chi connectivity index (χ0) is 20.6. The third-order valence-corrected chi connectivity index (χ3v) is 5.16. The number of benzene rings is 2. The first-order chi connectivity index (χ1) is 14.0. The quantitative estimate of drug-likeness (QED) is 0.725. The fourth-order valence-electron chi connectivity index (χ4n) is 3.55. The maximum atomic E-state index is 13.3. The smallest absolute Gasteiger partial charge is 0.227 e. The first kappa shape index (κ1) is 21.3. The summed E-state index contributed by atoms with van der Waals surface area (Å²) in [5, 5.41) is 3.39. The van der Waals surface area contributed by atoms with Crippen LogP contribution < -0.4 is 10.1 Å². The molecule has 1 saturated heterocycles. The predicted molar refractivity (Wildman–Crippen MR) is 113 cm³/mol. The van der Waals surface area contributed by atoms with Gasteiger partial charge in [0, 0.05) is 19.1 Å². The third-order valence-electron chi connectivity index (χ3n) is 5.16. The average molecular weight is 399 g/mol. The van der Waals surface area contributed by atoms with Crippen LogP contribution in [0.15, 0.2) is 48.5 Å². The Balaban J connectivity index is 1.67. The van der Waals surface area contributed by atoms with E-state index in [2.05, 4.69) is 19.2 Å². The Hall–Kier alpha value is -2.40. The van der Waals surface area contributed by atoms with Crippen molar-refractivity contribution in [3.8, 4) is 5.75 Å². The van der Waals surface area contributed by atoms with E-state index < -0.39 is 0 Å². The molecule has 0 bridgehead atoms. The molecule has 1 unspecified atom stereocenters. The number of piperidine rings is 1. The molecule has 1 aliphatic rings. The Morgan fingerprint density at radius 1 is 1.14 bits per heavy atom. The maximum Gasteiger partial charge on any atom is 0.227 e. The Morgan fingerprint density at radius 3 is 2.45 bits per heavy atom. The number of ether oxygens (including phenoxy) is 1. The molecule has 156 valence electrons. The molecule has 29 heavy (non-hydrogen) atoms. The highest BCUT2D eigenvalue weighted by Crippen LogP contribution is 2.19. The van der Waals surface area contributed by atoms with Crippen molar-refractivity contribution in [1.82, 2.24) is 10.2 Å². The molecule has 2 aromatic carbocycles. The summed E-state index contributed by atoms with van der Waals surface area (Å²) in [5.74, 6) is 1.14. The highest BCUT2D eigenvalue weighted by Gasteiger charge is 2.25. The second kappa shape index (κ2) is 10.4. The molecule has 0 saturated carbocycles. The minimum absolute atomic E-state index is 0.0962. The van der Waals surface area contributed by atoms with Crippen molar-refractivity contribution >= 4 is 5.91 Å². The first-order valence-corrected chi connectivity index (χ1v) is 10.5. The van der Waals surface area contributed by atoms with Crippen LogP contribution in [0.2, 0.25) is 0 Å². The third kappa shape index (κ3) is 6.57. The molecular formula is C24H31FN2O2. The van der Waals surface area contributed by atoms with Crippen molar-refractivity contribution in [3.05, 3.63) is 65.5 Å². The van der Waals surface area contributed by atoms with Gasteiger partial charge in [-0.2, -0.15) is 0 Å². The number of hydrogen-bond acceptors (Lipinski definition) is 3. The molecule has 0 radical (unpaired) electrons. The van der Waals surface area contributed by atoms with E-state index in [1.807, 2.05) is 29.2 Å². The van der Waals surface area contributed by atoms with E-state index in [0.717, 1.165) is 42.8 Å². The van der Waals surface area contributed by atoms with Gasteiger partial charge in [-0.15, -0.1) is 0 Å². The van der Waals surface area contributed by atoms with Crippen LogP contribution in [0.3, 0.4) is 0 Å². The summed E-state index contributed by atoms with van der Waals surface area (Å²) in [6, 6.07) is 14.4. The molecule has 0 aromatic heterocycles. The van der Waals surface area contributed by atoms with E-state index in [1.165, 1.54) is 12.1 Å². The zero-order valence-corrected chi connectivity index (χ0v) is 17.4. The molecule has 0 spiro atoms. The van der Waals surface area contributed by atoms with Crippen molar-refractivity contribution in [2.24, 2.45) is 5.92 Å². The van der Waals surface area contributed by atoms with Crippen LogP contribution in [-0.4, -0.2) is 36.5 Å². The van der Waals surface area contributed by atoms with Crippen LogP contribution in [0.4, 0.5) is 4.39 Å². The van der Waals surface area contributed by atoms with Crippen LogP contribution in [0, 0.1) is 11.7 Å². The topological polar surface area (TPSA) is 41.6 Å². The molecule has 2 aromatic rings. The van der Waals surface area contributed by atoms with Crippen molar-refractivity contribution in [3.63, 3.8) is 0 Å². The van der Waals surface area contributed by atoms with Gasteiger partial charge in [-0.3, -0.25) is 4.79 Å². The summed E-state index contributed by atoms with van der Waals surface area (Å²) in [6.45, 7) is 7.20. The highest BCUT2D eigenvalue weighted by atomic mass is 19.1. The van der Waals surface area contributed by atoms with Crippen LogP contribution in [0.1, 0.15) is 37.8 Å². The van der Waals surface area contributed by atoms with Gasteiger partial charge in [-0.1, -0.05) is 38.1 Å². The molecule has 1 heterocycles. The molecule has 1 fully saturated rings. The van der Waals surface area contributed by atoms with Crippen LogP contribution in [0.25, 0.3) is 0 Å². The van der Waals surface area contributed by atoms with E-state index >= 15 is 0 Å². The lowest BCUT2D eigenvalue weighted by Gasteiger charge is -2.35. The van der Waals surface area contributed by atoms with Crippen molar-refractivity contribution in [2.75, 3.05) is 19.7 Å². The summed E-state index contributed by atoms with van der Waals surface area (Å²) in [4.78, 5) is 15.1. The molecule has 3 rings (SSSR count). The number of amides is 1. The molecule has 1 aliphatic heterocycles. The highest BCUT2D eigenvalue weighted by molar-refractivity contribution is 5.79. The van der Waals surface area contributed by atoms with Gasteiger partial charge in [0.25, 0.3) is 0 Å². The number of halogens is 1. The number of carbonyl (C=O) groups excluding carboxylic acids is 1. The van der Waals surface area contributed by atoms with Crippen molar-refractivity contribution in [2.45, 2.75) is 45.7 Å². The molecule has 5 heteroatoms. The average Bonchev–Trinajstić information content (AvgIpc) is 2.73. The van der Waals surface area contributed by atoms with E-state index in [-0.39, 0.29) is 17.8 Å². The van der Waals surface area contributed by atoms with Crippen LogP contribution in [0.5, 0.6) is 5.75 Å². The fourth-order valence-corrected chi connectivity index (χ4v) is 3.55. The van der Waals surface area contributed by atoms with Gasteiger partial charge in [0.15, 0.2) is 0 Å². The number of nitrogens with one attached hydrogen (secondary N) is 1. The Morgan fingerprint density at radius 2 is 1.83 bits per heavy atom. The van der Waals surface area contributed by atoms with Crippen LogP contribution in [-0.2, 0) is 17.8 Å². The minimum Gasteiger partial charge on any atom is -0.493 e. The normalized spacial score (nSPS) is 16.6. The van der Waals surface area contributed by atoms with Gasteiger partial charge in [0.05, 0.1) is 13.0 Å². The lowest BCUT2D eigenvalue weighted by Crippen LogP contribution is -2.48. The van der Waals surface area contributed by atoms with Crippen molar-refractivity contribution < 1.29 is 13.9 Å². The SMILES string of the molecule is CC(C)COc1ccc(CC(=O)N(Cc2ccc(F)cc2)C2CCCNC2)cc1. The number of carbonyl (C=O) groups is 1. The molecule has 4 nitrogen and oxygen atoms in total. The second-order valence-corrected chi connectivity index (χ2v) is 8.17. The molecular weight excluding hydrogens is 367 g/mol. The number of nitrogens with zero attached hydrogens (tertiary/aromatic N) is 1. The monoisotopic (exact) mass is 398 g/mol. The standard InChI is InChI=1S/C24H31FN2O2/c1-18(2)17-29-23-11-7-19(8-12-23)14-24(28)27(22-4-3-13-26-15-22)16-20-5-9-21(25)10-6-20/h5-12,18,22,26H,3-4,13-17H2,1-2H3. The van der Waals surface area contributed by atoms with E-state index in [0.29, 0.717) is 25.5 Å². The van der Waals surface area contributed by atoms with E-state index in [9.17, 15) is 9.18 Å². The largest absolute Gasteiger partial charge is 0.493 e. The summed E-state index contributed by atoms with van der Waals surface area (Å²) < 4.78 is 19.0. The maximum absolute atomic E-state index is 13.3. The summed E-state index contributed by atoms with van der Waals surface area (Å²) in [6.07, 6.45) is 2.39. The Labute approximate surface area is 173 Å². The Bertz CT molecular complexity index is 768. The summed E-state index contributed by atoms with van der Waals surface area (Å²) in [5.41, 5.74) is 1.92. The van der Waals surface area contributed by atoms with Gasteiger partial charge in [-0.05, 0) is 60.7 Å². The Kier molecular flexibility index (Phi) is 7.64. The van der Waals surface area contributed by atoms with Crippen molar-refractivity contribution in [1.29, 1.82) is 0 Å². The van der Waals surface area contributed by atoms with Gasteiger partial charge in [0.1, 0.15) is 11.6 Å². The van der Waals surface area contributed by atoms with Gasteiger partial charge in [0.2, 0.25) is 5.91 Å². The zero-order valence-electron chi connectivity index (χ0n) is 17.4. The lowest BCUT2D eigenvalue weighted by molar-refractivity contribution is -0.133. The first-order valence-electron chi connectivity index (χ1n) is 10.5. The minimum atomic E-state index is -0.259. The fraction of sp³-hybridized carbons (Fsp3) is 0.458. The summed E-state index contributed by atoms with van der Waals surface area (Å²) in [7, 11) is 0. The number of rotatable bonds is 8. The second-order valence-electron chi connectivity index (χ2n) is 8.17.